The molecule has 2 heterocycles. The standard InChI is InChI=1S/C14H22N2S/c1-14(6-2-3-13(14)15)10-16-7-4-12-11(9-16)5-8-17-12/h5,8,13H,2-4,6-7,9-10,15H2,1H3. The van der Waals surface area contributed by atoms with Crippen LogP contribution in [0.15, 0.2) is 11.4 Å². The van der Waals surface area contributed by atoms with Crippen LogP contribution in [-0.4, -0.2) is 24.0 Å². The van der Waals surface area contributed by atoms with Crippen LogP contribution >= 0.6 is 11.3 Å². The van der Waals surface area contributed by atoms with Crippen molar-refractivity contribution in [2.45, 2.75) is 45.2 Å². The van der Waals surface area contributed by atoms with Crippen LogP contribution in [0.1, 0.15) is 36.6 Å². The summed E-state index contributed by atoms with van der Waals surface area (Å²) in [6, 6.07) is 2.70. The summed E-state index contributed by atoms with van der Waals surface area (Å²) < 4.78 is 0. The van der Waals surface area contributed by atoms with Crippen LogP contribution < -0.4 is 5.73 Å². The van der Waals surface area contributed by atoms with Gasteiger partial charge in [0.15, 0.2) is 0 Å². The van der Waals surface area contributed by atoms with Gasteiger partial charge in [0.25, 0.3) is 0 Å². The zero-order chi connectivity index (χ0) is 11.9. The molecule has 94 valence electrons. The Bertz CT molecular complexity index is 401. The van der Waals surface area contributed by atoms with Crippen molar-refractivity contribution < 1.29 is 0 Å². The lowest BCUT2D eigenvalue weighted by atomic mass is 9.84. The summed E-state index contributed by atoms with van der Waals surface area (Å²) in [4.78, 5) is 4.21. The number of hydrogen-bond acceptors (Lipinski definition) is 3. The predicted molar refractivity (Wildman–Crippen MR) is 73.2 cm³/mol. The predicted octanol–water partition coefficient (Wildman–Crippen LogP) is 2.62. The Morgan fingerprint density at radius 1 is 1.59 bits per heavy atom. The average Bonchev–Trinajstić information content (AvgIpc) is 2.87. The summed E-state index contributed by atoms with van der Waals surface area (Å²) in [5.41, 5.74) is 8.19. The molecule has 2 unspecified atom stereocenters. The van der Waals surface area contributed by atoms with Crippen molar-refractivity contribution in [1.82, 2.24) is 4.90 Å². The van der Waals surface area contributed by atoms with Gasteiger partial charge in [0.1, 0.15) is 0 Å². The Labute approximate surface area is 108 Å². The van der Waals surface area contributed by atoms with Gasteiger partial charge in [-0.15, -0.1) is 11.3 Å². The van der Waals surface area contributed by atoms with Crippen LogP contribution in [0.25, 0.3) is 0 Å². The molecule has 0 spiro atoms. The van der Waals surface area contributed by atoms with Crippen LogP contribution in [-0.2, 0) is 13.0 Å². The minimum Gasteiger partial charge on any atom is -0.327 e. The molecule has 0 bridgehead atoms. The van der Waals surface area contributed by atoms with Gasteiger partial charge in [-0.2, -0.15) is 0 Å². The first kappa shape index (κ1) is 11.7. The van der Waals surface area contributed by atoms with E-state index in [9.17, 15) is 0 Å². The number of fused-ring (bicyclic) bond motifs is 1. The van der Waals surface area contributed by atoms with Gasteiger partial charge in [-0.3, -0.25) is 4.90 Å². The molecule has 2 nitrogen and oxygen atoms in total. The first-order chi connectivity index (χ1) is 8.17. The van der Waals surface area contributed by atoms with Crippen molar-refractivity contribution in [2.24, 2.45) is 11.1 Å². The Morgan fingerprint density at radius 2 is 2.47 bits per heavy atom. The van der Waals surface area contributed by atoms with Gasteiger partial charge in [-0.05, 0) is 41.7 Å². The molecule has 2 aliphatic rings. The largest absolute Gasteiger partial charge is 0.327 e. The minimum absolute atomic E-state index is 0.355. The summed E-state index contributed by atoms with van der Waals surface area (Å²) in [5.74, 6) is 0. The normalized spacial score (nSPS) is 33.9. The van der Waals surface area contributed by atoms with E-state index >= 15 is 0 Å². The smallest absolute Gasteiger partial charge is 0.0245 e. The maximum atomic E-state index is 6.28. The molecule has 2 N–H and O–H groups in total. The molecule has 1 saturated carbocycles. The van der Waals surface area contributed by atoms with Gasteiger partial charge in [-0.25, -0.2) is 0 Å². The fraction of sp³-hybridized carbons (Fsp3) is 0.714. The third kappa shape index (κ3) is 2.16. The monoisotopic (exact) mass is 250 g/mol. The number of thiophene rings is 1. The highest BCUT2D eigenvalue weighted by molar-refractivity contribution is 7.10. The molecule has 1 aromatic heterocycles. The Kier molecular flexibility index (Phi) is 3.01. The Balaban J connectivity index is 1.68. The van der Waals surface area contributed by atoms with Crippen molar-refractivity contribution in [3.8, 4) is 0 Å². The Hall–Kier alpha value is -0.380. The van der Waals surface area contributed by atoms with E-state index in [0.29, 0.717) is 11.5 Å². The van der Waals surface area contributed by atoms with E-state index in [1.54, 1.807) is 10.4 Å². The highest BCUT2D eigenvalue weighted by Gasteiger charge is 2.38. The van der Waals surface area contributed by atoms with E-state index in [2.05, 4.69) is 23.3 Å². The van der Waals surface area contributed by atoms with Crippen molar-refractivity contribution in [3.63, 3.8) is 0 Å². The molecule has 1 aliphatic carbocycles. The zero-order valence-corrected chi connectivity index (χ0v) is 11.4. The molecule has 1 aromatic rings. The van der Waals surface area contributed by atoms with E-state index < -0.39 is 0 Å². The van der Waals surface area contributed by atoms with E-state index in [0.717, 1.165) is 6.54 Å². The van der Waals surface area contributed by atoms with Crippen molar-refractivity contribution in [3.05, 3.63) is 21.9 Å². The SMILES string of the molecule is CC1(CN2CCc3sccc3C2)CCCC1N. The second-order valence-electron chi connectivity index (χ2n) is 5.98. The molecular formula is C14H22N2S. The van der Waals surface area contributed by atoms with Crippen molar-refractivity contribution in [2.75, 3.05) is 13.1 Å². The van der Waals surface area contributed by atoms with Crippen molar-refractivity contribution in [1.29, 1.82) is 0 Å². The molecular weight excluding hydrogens is 228 g/mol. The molecule has 3 rings (SSSR count). The third-order valence-electron chi connectivity index (χ3n) is 4.63. The quantitative estimate of drug-likeness (QED) is 0.874. The molecule has 1 aliphatic heterocycles. The number of hydrogen-bond donors (Lipinski definition) is 1. The highest BCUT2D eigenvalue weighted by Crippen LogP contribution is 2.38. The lowest BCUT2D eigenvalue weighted by Crippen LogP contribution is -2.45. The van der Waals surface area contributed by atoms with Crippen molar-refractivity contribution >= 4 is 11.3 Å². The van der Waals surface area contributed by atoms with Gasteiger partial charge < -0.3 is 5.73 Å². The van der Waals surface area contributed by atoms with Crippen LogP contribution in [0.5, 0.6) is 0 Å². The first-order valence-corrected chi connectivity index (χ1v) is 7.58. The minimum atomic E-state index is 0.355. The molecule has 1 fully saturated rings. The van der Waals surface area contributed by atoms with Crippen LogP contribution in [0.3, 0.4) is 0 Å². The molecule has 0 amide bonds. The molecule has 3 heteroatoms. The highest BCUT2D eigenvalue weighted by atomic mass is 32.1. The van der Waals surface area contributed by atoms with E-state index in [4.69, 9.17) is 5.73 Å². The molecule has 17 heavy (non-hydrogen) atoms. The van der Waals surface area contributed by atoms with Crippen LogP contribution in [0, 0.1) is 5.41 Å². The maximum absolute atomic E-state index is 6.28. The zero-order valence-electron chi connectivity index (χ0n) is 10.6. The lowest BCUT2D eigenvalue weighted by Gasteiger charge is -2.37. The molecule has 2 atom stereocenters. The van der Waals surface area contributed by atoms with Crippen LogP contribution in [0.2, 0.25) is 0 Å². The number of nitrogens with zero attached hydrogens (tertiary/aromatic N) is 1. The molecule has 0 aromatic carbocycles. The van der Waals surface area contributed by atoms with Gasteiger partial charge in [0.05, 0.1) is 0 Å². The summed E-state index contributed by atoms with van der Waals surface area (Å²) >= 11 is 1.92. The summed E-state index contributed by atoms with van der Waals surface area (Å²) in [6.45, 7) is 5.92. The van der Waals surface area contributed by atoms with Gasteiger partial charge in [0.2, 0.25) is 0 Å². The topological polar surface area (TPSA) is 29.3 Å². The van der Waals surface area contributed by atoms with E-state index in [-0.39, 0.29) is 0 Å². The Morgan fingerprint density at radius 3 is 3.24 bits per heavy atom. The first-order valence-electron chi connectivity index (χ1n) is 6.70. The second-order valence-corrected chi connectivity index (χ2v) is 6.98. The lowest BCUT2D eigenvalue weighted by molar-refractivity contribution is 0.142. The van der Waals surface area contributed by atoms with Gasteiger partial charge in [0, 0.05) is 30.6 Å². The second kappa shape index (κ2) is 4.38. The van der Waals surface area contributed by atoms with Gasteiger partial charge in [-0.1, -0.05) is 13.3 Å². The fourth-order valence-electron chi connectivity index (χ4n) is 3.41. The van der Waals surface area contributed by atoms with E-state index in [1.807, 2.05) is 11.3 Å². The molecule has 0 radical (unpaired) electrons. The van der Waals surface area contributed by atoms with Gasteiger partial charge >= 0.3 is 0 Å². The maximum Gasteiger partial charge on any atom is 0.0245 e. The average molecular weight is 250 g/mol. The number of rotatable bonds is 2. The molecule has 0 saturated heterocycles. The number of nitrogens with two attached hydrogens (primary N) is 1. The summed E-state index contributed by atoms with van der Waals surface area (Å²) in [6.07, 6.45) is 5.07. The summed E-state index contributed by atoms with van der Waals surface area (Å²) in [5, 5.41) is 2.23. The third-order valence-corrected chi connectivity index (χ3v) is 5.65. The summed E-state index contributed by atoms with van der Waals surface area (Å²) in [7, 11) is 0. The fourth-order valence-corrected chi connectivity index (χ4v) is 4.30. The van der Waals surface area contributed by atoms with E-state index in [1.165, 1.54) is 38.8 Å². The van der Waals surface area contributed by atoms with Crippen LogP contribution in [0.4, 0.5) is 0 Å².